The number of nitrogens with zero attached hydrogens (tertiary/aromatic N) is 1. The second-order valence-electron chi connectivity index (χ2n) is 7.83. The third-order valence-corrected chi connectivity index (χ3v) is 6.14. The molecule has 0 amide bonds. The van der Waals surface area contributed by atoms with Crippen molar-refractivity contribution < 1.29 is 4.39 Å². The monoisotopic (exact) mass is 445 g/mol. The molecule has 1 aromatic heterocycles. The zero-order valence-electron chi connectivity index (χ0n) is 18.2. The number of nitrogens with two attached hydrogens (primary N) is 1. The summed E-state index contributed by atoms with van der Waals surface area (Å²) in [5.74, 6) is -0.322. The molecule has 0 radical (unpaired) electrons. The van der Waals surface area contributed by atoms with E-state index in [2.05, 4.69) is 23.8 Å². The molecule has 0 saturated heterocycles. The molecule has 0 aliphatic heterocycles. The fourth-order valence-corrected chi connectivity index (χ4v) is 3.85. The van der Waals surface area contributed by atoms with E-state index >= 15 is 0 Å². The summed E-state index contributed by atoms with van der Waals surface area (Å²) in [5.41, 5.74) is 13.5. The predicted molar refractivity (Wildman–Crippen MR) is 134 cm³/mol. The van der Waals surface area contributed by atoms with Gasteiger partial charge in [0.25, 0.3) is 0 Å². The summed E-state index contributed by atoms with van der Waals surface area (Å²) < 4.78 is 14.4. The van der Waals surface area contributed by atoms with Crippen molar-refractivity contribution in [3.8, 4) is 11.1 Å². The Morgan fingerprint density at radius 1 is 1.09 bits per heavy atom. The van der Waals surface area contributed by atoms with Crippen LogP contribution in [0.15, 0.2) is 67.4 Å². The first-order valence-electron chi connectivity index (χ1n) is 10.5. The molecule has 0 saturated carbocycles. The molecule has 0 aliphatic rings. The lowest BCUT2D eigenvalue weighted by Crippen LogP contribution is -2.00. The van der Waals surface area contributed by atoms with Crippen molar-refractivity contribution in [3.63, 3.8) is 0 Å². The van der Waals surface area contributed by atoms with Crippen LogP contribution >= 0.6 is 11.6 Å². The zero-order valence-corrected chi connectivity index (χ0v) is 18.9. The van der Waals surface area contributed by atoms with Gasteiger partial charge in [-0.2, -0.15) is 0 Å². The van der Waals surface area contributed by atoms with E-state index in [1.807, 2.05) is 48.7 Å². The summed E-state index contributed by atoms with van der Waals surface area (Å²) in [5, 5.41) is 4.88. The molecule has 0 spiro atoms. The number of fused-ring (bicyclic) bond motifs is 1. The highest BCUT2D eigenvalue weighted by Gasteiger charge is 2.14. The van der Waals surface area contributed by atoms with Crippen LogP contribution in [0, 0.1) is 12.7 Å². The minimum absolute atomic E-state index is 0.322. The maximum absolute atomic E-state index is 14.4. The Labute approximate surface area is 192 Å². The average Bonchev–Trinajstić information content (AvgIpc) is 2.82. The van der Waals surface area contributed by atoms with Crippen LogP contribution in [0.2, 0.25) is 5.02 Å². The molecule has 162 valence electrons. The molecular weight excluding hydrogens is 421 g/mol. The Morgan fingerprint density at radius 2 is 1.84 bits per heavy atom. The Balaban J connectivity index is 1.89. The van der Waals surface area contributed by atoms with Crippen molar-refractivity contribution in [3.05, 3.63) is 94.9 Å². The number of aromatic nitrogens is 1. The van der Waals surface area contributed by atoms with Gasteiger partial charge in [0.1, 0.15) is 5.82 Å². The first kappa shape index (κ1) is 22.0. The van der Waals surface area contributed by atoms with E-state index in [-0.39, 0.29) is 5.82 Å². The lowest BCUT2D eigenvalue weighted by Gasteiger charge is -2.17. The quantitative estimate of drug-likeness (QED) is 0.320. The van der Waals surface area contributed by atoms with Gasteiger partial charge >= 0.3 is 0 Å². The van der Waals surface area contributed by atoms with Crippen LogP contribution in [-0.2, 0) is 6.54 Å². The van der Waals surface area contributed by atoms with E-state index < -0.39 is 0 Å². The number of rotatable bonds is 6. The molecule has 3 N–H and O–H groups in total. The van der Waals surface area contributed by atoms with Gasteiger partial charge < -0.3 is 11.1 Å². The van der Waals surface area contributed by atoms with E-state index in [9.17, 15) is 4.39 Å². The molecule has 32 heavy (non-hydrogen) atoms. The molecular formula is C27H25ClFN3. The summed E-state index contributed by atoms with van der Waals surface area (Å²) in [7, 11) is 0. The number of halogens is 2. The maximum Gasteiger partial charge on any atom is 0.128 e. The largest absolute Gasteiger partial charge is 0.354 e. The Hall–Kier alpha value is -3.21. The van der Waals surface area contributed by atoms with Gasteiger partial charge in [0.2, 0.25) is 0 Å². The molecule has 0 fully saturated rings. The van der Waals surface area contributed by atoms with Crippen LogP contribution in [0.5, 0.6) is 0 Å². The minimum atomic E-state index is -0.322. The van der Waals surface area contributed by atoms with Crippen LogP contribution in [-0.4, -0.2) is 4.98 Å². The van der Waals surface area contributed by atoms with E-state index in [1.165, 1.54) is 6.07 Å². The number of pyridine rings is 1. The lowest BCUT2D eigenvalue weighted by molar-refractivity contribution is 0.619. The van der Waals surface area contributed by atoms with Gasteiger partial charge in [-0.05, 0) is 72.0 Å². The average molecular weight is 446 g/mol. The maximum atomic E-state index is 14.4. The van der Waals surface area contributed by atoms with Crippen LogP contribution in [0.25, 0.3) is 27.6 Å². The lowest BCUT2D eigenvalue weighted by atomic mass is 9.97. The van der Waals surface area contributed by atoms with Crippen molar-refractivity contribution in [1.29, 1.82) is 0 Å². The van der Waals surface area contributed by atoms with Gasteiger partial charge in [0, 0.05) is 40.0 Å². The summed E-state index contributed by atoms with van der Waals surface area (Å²) >= 11 is 6.25. The molecule has 5 heteroatoms. The number of benzene rings is 3. The molecule has 3 aromatic carbocycles. The normalized spacial score (nSPS) is 11.0. The van der Waals surface area contributed by atoms with Crippen LogP contribution in [0.3, 0.4) is 0 Å². The molecule has 1 heterocycles. The first-order chi connectivity index (χ1) is 15.4. The topological polar surface area (TPSA) is 50.9 Å². The van der Waals surface area contributed by atoms with Gasteiger partial charge in [-0.25, -0.2) is 4.39 Å². The number of hydrogen-bond acceptors (Lipinski definition) is 3. The second-order valence-corrected chi connectivity index (χ2v) is 8.23. The second kappa shape index (κ2) is 9.11. The fourth-order valence-electron chi connectivity index (χ4n) is 3.65. The highest BCUT2D eigenvalue weighted by Crippen LogP contribution is 2.37. The summed E-state index contributed by atoms with van der Waals surface area (Å²) in [6.07, 6.45) is 2.65. The first-order valence-corrected chi connectivity index (χ1v) is 10.9. The van der Waals surface area contributed by atoms with E-state index in [1.54, 1.807) is 13.0 Å². The molecule has 0 atom stereocenters. The van der Waals surface area contributed by atoms with Gasteiger partial charge in [0.15, 0.2) is 0 Å². The molecule has 4 aromatic rings. The van der Waals surface area contributed by atoms with Gasteiger partial charge in [0.05, 0.1) is 11.2 Å². The van der Waals surface area contributed by atoms with Gasteiger partial charge in [-0.3, -0.25) is 4.98 Å². The smallest absolute Gasteiger partial charge is 0.128 e. The summed E-state index contributed by atoms with van der Waals surface area (Å²) in [6, 6.07) is 17.2. The Bertz CT molecular complexity index is 1290. The van der Waals surface area contributed by atoms with Crippen molar-refractivity contribution in [2.24, 2.45) is 5.73 Å². The van der Waals surface area contributed by atoms with E-state index in [4.69, 9.17) is 17.3 Å². The number of allylic oxidation sites excluding steroid dienone is 1. The highest BCUT2D eigenvalue weighted by molar-refractivity contribution is 6.31. The highest BCUT2D eigenvalue weighted by atomic mass is 35.5. The zero-order chi connectivity index (χ0) is 22.8. The summed E-state index contributed by atoms with van der Waals surface area (Å²) in [4.78, 5) is 4.65. The minimum Gasteiger partial charge on any atom is -0.354 e. The van der Waals surface area contributed by atoms with Crippen LogP contribution in [0.4, 0.5) is 15.8 Å². The molecule has 0 aliphatic carbocycles. The number of nitrogens with one attached hydrogen (secondary N) is 1. The van der Waals surface area contributed by atoms with Crippen molar-refractivity contribution in [2.75, 3.05) is 5.32 Å². The third kappa shape index (κ3) is 4.24. The molecule has 0 bridgehead atoms. The fraction of sp³-hybridized carbons (Fsp3) is 0.148. The molecule has 4 rings (SSSR count). The SMILES string of the molecule is C=C(CC)c1cnc2ccc(-c3cc(F)c(C)c(Cl)c3)cc2c1Nc1ccc(CN)cc1. The molecule has 0 unspecified atom stereocenters. The van der Waals surface area contributed by atoms with Crippen molar-refractivity contribution in [1.82, 2.24) is 4.98 Å². The third-order valence-electron chi connectivity index (χ3n) is 5.75. The Kier molecular flexibility index (Phi) is 6.26. The van der Waals surface area contributed by atoms with Gasteiger partial charge in [-0.15, -0.1) is 0 Å². The Morgan fingerprint density at radius 3 is 2.50 bits per heavy atom. The number of hydrogen-bond donors (Lipinski definition) is 2. The van der Waals surface area contributed by atoms with Crippen molar-refractivity contribution >= 4 is 39.5 Å². The van der Waals surface area contributed by atoms with Crippen molar-refractivity contribution in [2.45, 2.75) is 26.8 Å². The summed E-state index contributed by atoms with van der Waals surface area (Å²) in [6.45, 7) is 8.47. The standard InChI is InChI=1S/C27H25ClFN3/c1-4-16(2)23-15-31-26-10-7-19(20-12-24(28)17(3)25(29)13-20)11-22(26)27(23)32-21-8-5-18(14-30)6-9-21/h5-13,15H,2,4,14,30H2,1,3H3,(H,31,32). The van der Waals surface area contributed by atoms with E-state index in [0.717, 1.165) is 56.5 Å². The number of anilines is 2. The van der Waals surface area contributed by atoms with Crippen LogP contribution < -0.4 is 11.1 Å². The van der Waals surface area contributed by atoms with E-state index in [0.29, 0.717) is 17.1 Å². The predicted octanol–water partition coefficient (Wildman–Crippen LogP) is 7.63. The molecule has 3 nitrogen and oxygen atoms in total. The van der Waals surface area contributed by atoms with Gasteiger partial charge in [-0.1, -0.05) is 43.3 Å². The van der Waals surface area contributed by atoms with Crippen LogP contribution in [0.1, 0.15) is 30.0 Å².